The molecule has 2 aliphatic rings. The molecular weight excluding hydrogens is 404 g/mol. The van der Waals surface area contributed by atoms with Gasteiger partial charge in [-0.1, -0.05) is 42.5 Å². The lowest BCUT2D eigenvalue weighted by atomic mass is 9.93. The zero-order chi connectivity index (χ0) is 21.8. The van der Waals surface area contributed by atoms with Gasteiger partial charge in [0, 0.05) is 25.0 Å². The van der Waals surface area contributed by atoms with Crippen LogP contribution in [0.1, 0.15) is 24.8 Å². The summed E-state index contributed by atoms with van der Waals surface area (Å²) < 4.78 is 12.1. The fourth-order valence-corrected chi connectivity index (χ4v) is 4.64. The standard InChI is InChI=1S/C25H30N4O3/c30-24(27-20-12-13-26-14-20)22-11-10-19(17-31-16-18-6-2-1-3-7-18)15-29(22)25-28-21-8-4-5-9-23(21)32-25/h1-9,19-20,22,26H,10-17H2,(H,27,30). The van der Waals surface area contributed by atoms with Crippen LogP contribution >= 0.6 is 0 Å². The molecule has 0 bridgehead atoms. The van der Waals surface area contributed by atoms with E-state index in [4.69, 9.17) is 9.15 Å². The SMILES string of the molecule is O=C(NC1CCNC1)C1CCC(COCc2ccccc2)CN1c1nc2ccccc2o1. The van der Waals surface area contributed by atoms with Crippen LogP contribution in [0.25, 0.3) is 11.1 Å². The molecule has 7 heteroatoms. The largest absolute Gasteiger partial charge is 0.423 e. The van der Waals surface area contributed by atoms with Gasteiger partial charge in [-0.25, -0.2) is 0 Å². The van der Waals surface area contributed by atoms with Crippen LogP contribution in [-0.4, -0.2) is 49.2 Å². The van der Waals surface area contributed by atoms with E-state index in [0.717, 1.165) is 43.5 Å². The summed E-state index contributed by atoms with van der Waals surface area (Å²) >= 11 is 0. The van der Waals surface area contributed by atoms with Crippen molar-refractivity contribution in [3.05, 3.63) is 60.2 Å². The number of oxazole rings is 1. The third kappa shape index (κ3) is 4.79. The van der Waals surface area contributed by atoms with Gasteiger partial charge in [-0.3, -0.25) is 4.79 Å². The number of benzene rings is 2. The maximum absolute atomic E-state index is 13.2. The first-order valence-corrected chi connectivity index (χ1v) is 11.5. The number of hydrogen-bond donors (Lipinski definition) is 2. The molecule has 0 spiro atoms. The average Bonchev–Trinajstić information content (AvgIpc) is 3.49. The summed E-state index contributed by atoms with van der Waals surface area (Å²) in [5.74, 6) is 0.371. The maximum atomic E-state index is 13.2. The van der Waals surface area contributed by atoms with Gasteiger partial charge >= 0.3 is 0 Å². The molecule has 0 aliphatic carbocycles. The fourth-order valence-electron chi connectivity index (χ4n) is 4.64. The summed E-state index contributed by atoms with van der Waals surface area (Å²) in [4.78, 5) is 19.9. The minimum Gasteiger partial charge on any atom is -0.423 e. The van der Waals surface area contributed by atoms with Crippen LogP contribution in [-0.2, 0) is 16.1 Å². The molecule has 2 N–H and O–H groups in total. The van der Waals surface area contributed by atoms with Crippen molar-refractivity contribution in [2.24, 2.45) is 5.92 Å². The Labute approximate surface area is 188 Å². The summed E-state index contributed by atoms with van der Waals surface area (Å²) in [5.41, 5.74) is 2.72. The third-order valence-electron chi connectivity index (χ3n) is 6.38. The number of hydrogen-bond acceptors (Lipinski definition) is 6. The van der Waals surface area contributed by atoms with Crippen LogP contribution in [0.3, 0.4) is 0 Å². The van der Waals surface area contributed by atoms with E-state index in [1.807, 2.05) is 47.4 Å². The van der Waals surface area contributed by atoms with Gasteiger partial charge < -0.3 is 24.7 Å². The Morgan fingerprint density at radius 2 is 1.97 bits per heavy atom. The molecule has 3 heterocycles. The number of para-hydroxylation sites is 2. The highest BCUT2D eigenvalue weighted by molar-refractivity contribution is 5.85. The van der Waals surface area contributed by atoms with Crippen molar-refractivity contribution in [3.63, 3.8) is 0 Å². The minimum atomic E-state index is -0.283. The molecule has 3 unspecified atom stereocenters. The number of nitrogens with one attached hydrogen (secondary N) is 2. The predicted octanol–water partition coefficient (Wildman–Crippen LogP) is 3.11. The van der Waals surface area contributed by atoms with Crippen LogP contribution < -0.4 is 15.5 Å². The van der Waals surface area contributed by atoms with Crippen LogP contribution in [0.4, 0.5) is 6.01 Å². The average molecular weight is 435 g/mol. The first-order chi connectivity index (χ1) is 15.8. The Balaban J connectivity index is 1.29. The first-order valence-electron chi connectivity index (χ1n) is 11.5. The molecule has 2 fully saturated rings. The van der Waals surface area contributed by atoms with Gasteiger partial charge in [0.1, 0.15) is 11.6 Å². The van der Waals surface area contributed by atoms with Crippen molar-refractivity contribution in [3.8, 4) is 0 Å². The Morgan fingerprint density at radius 1 is 1.12 bits per heavy atom. The molecule has 1 aromatic heterocycles. The summed E-state index contributed by atoms with van der Waals surface area (Å²) in [6.45, 7) is 3.70. The lowest BCUT2D eigenvalue weighted by Gasteiger charge is -2.38. The van der Waals surface area contributed by atoms with Crippen molar-refractivity contribution >= 4 is 23.0 Å². The molecule has 3 atom stereocenters. The molecule has 5 rings (SSSR count). The van der Waals surface area contributed by atoms with Crippen molar-refractivity contribution in [2.45, 2.75) is 38.0 Å². The summed E-state index contributed by atoms with van der Waals surface area (Å²) in [7, 11) is 0. The highest BCUT2D eigenvalue weighted by Gasteiger charge is 2.36. The van der Waals surface area contributed by atoms with E-state index in [1.54, 1.807) is 0 Å². The van der Waals surface area contributed by atoms with Crippen molar-refractivity contribution in [2.75, 3.05) is 31.1 Å². The predicted molar refractivity (Wildman–Crippen MR) is 123 cm³/mol. The molecule has 2 saturated heterocycles. The van der Waals surface area contributed by atoms with E-state index in [0.29, 0.717) is 31.7 Å². The van der Waals surface area contributed by atoms with E-state index in [2.05, 4.69) is 27.8 Å². The molecule has 168 valence electrons. The topological polar surface area (TPSA) is 79.6 Å². The quantitative estimate of drug-likeness (QED) is 0.595. The van der Waals surface area contributed by atoms with Crippen LogP contribution in [0, 0.1) is 5.92 Å². The highest BCUT2D eigenvalue weighted by Crippen LogP contribution is 2.30. The highest BCUT2D eigenvalue weighted by atomic mass is 16.5. The van der Waals surface area contributed by atoms with E-state index in [9.17, 15) is 4.79 Å². The number of rotatable bonds is 7. The Hall–Kier alpha value is -2.90. The number of carbonyl (C=O) groups is 1. The lowest BCUT2D eigenvalue weighted by Crippen LogP contribution is -2.54. The van der Waals surface area contributed by atoms with Gasteiger partial charge in [0.15, 0.2) is 5.58 Å². The number of piperidine rings is 1. The van der Waals surface area contributed by atoms with Crippen molar-refractivity contribution < 1.29 is 13.9 Å². The molecular formula is C25H30N4O3. The number of amides is 1. The summed E-state index contributed by atoms with van der Waals surface area (Å²) in [6.07, 6.45) is 2.66. The zero-order valence-corrected chi connectivity index (χ0v) is 18.2. The van der Waals surface area contributed by atoms with Crippen LogP contribution in [0.2, 0.25) is 0 Å². The second-order valence-corrected chi connectivity index (χ2v) is 8.77. The van der Waals surface area contributed by atoms with Gasteiger partial charge in [0.25, 0.3) is 6.01 Å². The number of fused-ring (bicyclic) bond motifs is 1. The van der Waals surface area contributed by atoms with Crippen LogP contribution in [0.15, 0.2) is 59.0 Å². The second kappa shape index (κ2) is 9.71. The van der Waals surface area contributed by atoms with Gasteiger partial charge in [-0.05, 0) is 43.5 Å². The monoisotopic (exact) mass is 434 g/mol. The van der Waals surface area contributed by atoms with Gasteiger partial charge in [-0.15, -0.1) is 0 Å². The van der Waals surface area contributed by atoms with E-state index in [1.165, 1.54) is 5.56 Å². The zero-order valence-electron chi connectivity index (χ0n) is 18.2. The number of aromatic nitrogens is 1. The lowest BCUT2D eigenvalue weighted by molar-refractivity contribution is -0.123. The number of carbonyl (C=O) groups excluding carboxylic acids is 1. The van der Waals surface area contributed by atoms with E-state index in [-0.39, 0.29) is 18.0 Å². The van der Waals surface area contributed by atoms with Crippen LogP contribution in [0.5, 0.6) is 0 Å². The number of ether oxygens (including phenoxy) is 1. The maximum Gasteiger partial charge on any atom is 0.299 e. The number of nitrogens with zero attached hydrogens (tertiary/aromatic N) is 2. The molecule has 1 amide bonds. The summed E-state index contributed by atoms with van der Waals surface area (Å²) in [6, 6.07) is 18.4. The van der Waals surface area contributed by atoms with Crippen molar-refractivity contribution in [1.29, 1.82) is 0 Å². The molecule has 7 nitrogen and oxygen atoms in total. The smallest absolute Gasteiger partial charge is 0.299 e. The minimum absolute atomic E-state index is 0.0598. The molecule has 2 aromatic carbocycles. The Morgan fingerprint density at radius 3 is 2.78 bits per heavy atom. The van der Waals surface area contributed by atoms with Gasteiger partial charge in [0.05, 0.1) is 13.2 Å². The second-order valence-electron chi connectivity index (χ2n) is 8.77. The molecule has 32 heavy (non-hydrogen) atoms. The third-order valence-corrected chi connectivity index (χ3v) is 6.38. The number of anilines is 1. The molecule has 3 aromatic rings. The fraction of sp³-hybridized carbons (Fsp3) is 0.440. The van der Waals surface area contributed by atoms with Gasteiger partial charge in [-0.2, -0.15) is 4.98 Å². The molecule has 0 saturated carbocycles. The van der Waals surface area contributed by atoms with Crippen molar-refractivity contribution in [1.82, 2.24) is 15.6 Å². The Bertz CT molecular complexity index is 999. The first kappa shape index (κ1) is 21.0. The van der Waals surface area contributed by atoms with E-state index < -0.39 is 0 Å². The van der Waals surface area contributed by atoms with Gasteiger partial charge in [0.2, 0.25) is 5.91 Å². The summed E-state index contributed by atoms with van der Waals surface area (Å²) in [5, 5.41) is 6.53. The molecule has 2 aliphatic heterocycles. The normalized spacial score (nSPS) is 23.5. The van der Waals surface area contributed by atoms with E-state index >= 15 is 0 Å². The Kier molecular flexibility index (Phi) is 6.36. The molecule has 0 radical (unpaired) electrons.